The number of piperidine rings is 1. The first kappa shape index (κ1) is 12.2. The molecule has 1 unspecified atom stereocenters. The van der Waals surface area contributed by atoms with Gasteiger partial charge in [-0.25, -0.2) is 4.79 Å². The molecule has 2 saturated heterocycles. The van der Waals surface area contributed by atoms with Crippen LogP contribution >= 0.6 is 0 Å². The van der Waals surface area contributed by atoms with Gasteiger partial charge < -0.3 is 15.4 Å². The van der Waals surface area contributed by atoms with Gasteiger partial charge in [0.15, 0.2) is 0 Å². The smallest absolute Gasteiger partial charge is 0.407 e. The Bertz CT molecular complexity index is 299. The number of cyclic esters (lactones) is 1. The molecular formula is C13H23N3O2. The second kappa shape index (κ2) is 5.45. The molecule has 0 bridgehead atoms. The summed E-state index contributed by atoms with van der Waals surface area (Å²) in [5.41, 5.74) is 0. The molecular weight excluding hydrogens is 230 g/mol. The average Bonchev–Trinajstić information content (AvgIpc) is 3.12. The van der Waals surface area contributed by atoms with E-state index in [-0.39, 0.29) is 12.2 Å². The number of hydrogen-bond acceptors (Lipinski definition) is 4. The van der Waals surface area contributed by atoms with E-state index >= 15 is 0 Å². The van der Waals surface area contributed by atoms with Crippen molar-refractivity contribution in [1.82, 2.24) is 15.5 Å². The molecule has 1 aliphatic carbocycles. The molecule has 0 aromatic carbocycles. The van der Waals surface area contributed by atoms with Crippen molar-refractivity contribution in [2.75, 3.05) is 32.7 Å². The Hall–Kier alpha value is -0.810. The van der Waals surface area contributed by atoms with Crippen LogP contribution in [-0.4, -0.2) is 55.9 Å². The lowest BCUT2D eigenvalue weighted by Crippen LogP contribution is -2.42. The number of hydrogen-bond donors (Lipinski definition) is 2. The first-order valence-electron chi connectivity index (χ1n) is 7.20. The Morgan fingerprint density at radius 2 is 2.06 bits per heavy atom. The van der Waals surface area contributed by atoms with Gasteiger partial charge in [-0.2, -0.15) is 0 Å². The molecule has 3 fully saturated rings. The van der Waals surface area contributed by atoms with Gasteiger partial charge in [-0.1, -0.05) is 0 Å². The second-order valence-electron chi connectivity index (χ2n) is 5.83. The van der Waals surface area contributed by atoms with Crippen molar-refractivity contribution in [1.29, 1.82) is 0 Å². The molecule has 18 heavy (non-hydrogen) atoms. The van der Waals surface area contributed by atoms with Gasteiger partial charge in [-0.05, 0) is 51.2 Å². The molecule has 1 atom stereocenters. The number of rotatable bonds is 5. The number of ether oxygens (including phenoxy) is 1. The molecule has 5 heteroatoms. The summed E-state index contributed by atoms with van der Waals surface area (Å²) in [4.78, 5) is 13.4. The molecule has 3 rings (SSSR count). The molecule has 1 amide bonds. The van der Waals surface area contributed by atoms with Gasteiger partial charge in [-0.3, -0.25) is 4.90 Å². The van der Waals surface area contributed by atoms with E-state index in [2.05, 4.69) is 15.5 Å². The number of carbonyl (C=O) groups excluding carboxylic acids is 1. The zero-order valence-electron chi connectivity index (χ0n) is 10.9. The SMILES string of the molecule is O=C1NCC(CN2CCC(CNC3CC3)CC2)O1. The van der Waals surface area contributed by atoms with E-state index in [0.29, 0.717) is 6.54 Å². The standard InChI is InChI=1S/C13H23N3O2/c17-13-15-8-12(18-13)9-16-5-3-10(4-6-16)7-14-11-1-2-11/h10-12,14H,1-9H2,(H,15,17). The van der Waals surface area contributed by atoms with E-state index in [1.54, 1.807) is 0 Å². The molecule has 0 radical (unpaired) electrons. The number of carbonyl (C=O) groups is 1. The topological polar surface area (TPSA) is 53.6 Å². The summed E-state index contributed by atoms with van der Waals surface area (Å²) in [6, 6.07) is 0.826. The van der Waals surface area contributed by atoms with Crippen LogP contribution in [0.4, 0.5) is 4.79 Å². The van der Waals surface area contributed by atoms with Crippen molar-refractivity contribution in [3.8, 4) is 0 Å². The number of likely N-dealkylation sites (tertiary alicyclic amines) is 1. The van der Waals surface area contributed by atoms with Crippen LogP contribution < -0.4 is 10.6 Å². The molecule has 0 spiro atoms. The van der Waals surface area contributed by atoms with Crippen LogP contribution in [0, 0.1) is 5.92 Å². The number of nitrogens with zero attached hydrogens (tertiary/aromatic N) is 1. The molecule has 102 valence electrons. The first-order chi connectivity index (χ1) is 8.79. The predicted octanol–water partition coefficient (Wildman–Crippen LogP) is 0.559. The van der Waals surface area contributed by atoms with Crippen LogP contribution in [0.1, 0.15) is 25.7 Å². The molecule has 2 aliphatic heterocycles. The van der Waals surface area contributed by atoms with Gasteiger partial charge in [0.2, 0.25) is 0 Å². The Morgan fingerprint density at radius 1 is 1.28 bits per heavy atom. The highest BCUT2D eigenvalue weighted by Crippen LogP contribution is 2.22. The highest BCUT2D eigenvalue weighted by molar-refractivity contribution is 5.69. The second-order valence-corrected chi connectivity index (χ2v) is 5.83. The van der Waals surface area contributed by atoms with Gasteiger partial charge in [0.05, 0.1) is 6.54 Å². The summed E-state index contributed by atoms with van der Waals surface area (Å²) in [5.74, 6) is 0.839. The molecule has 0 aromatic rings. The number of amides is 1. The fourth-order valence-electron chi connectivity index (χ4n) is 2.82. The third-order valence-electron chi connectivity index (χ3n) is 4.19. The largest absolute Gasteiger partial charge is 0.443 e. The third-order valence-corrected chi connectivity index (χ3v) is 4.19. The minimum Gasteiger partial charge on any atom is -0.443 e. The van der Waals surface area contributed by atoms with Crippen molar-refractivity contribution in [2.24, 2.45) is 5.92 Å². The van der Waals surface area contributed by atoms with Crippen LogP contribution in [0.25, 0.3) is 0 Å². The van der Waals surface area contributed by atoms with Crippen LogP contribution in [-0.2, 0) is 4.74 Å². The highest BCUT2D eigenvalue weighted by atomic mass is 16.6. The van der Waals surface area contributed by atoms with Crippen LogP contribution in [0.2, 0.25) is 0 Å². The van der Waals surface area contributed by atoms with Gasteiger partial charge in [0.1, 0.15) is 6.10 Å². The van der Waals surface area contributed by atoms with Crippen molar-refractivity contribution in [3.63, 3.8) is 0 Å². The normalized spacial score (nSPS) is 30.2. The number of alkyl carbamates (subject to hydrolysis) is 1. The minimum atomic E-state index is -0.261. The van der Waals surface area contributed by atoms with E-state index < -0.39 is 0 Å². The molecule has 2 N–H and O–H groups in total. The molecule has 3 aliphatic rings. The van der Waals surface area contributed by atoms with Crippen molar-refractivity contribution >= 4 is 6.09 Å². The van der Waals surface area contributed by atoms with E-state index in [0.717, 1.165) is 31.6 Å². The summed E-state index contributed by atoms with van der Waals surface area (Å²) in [6.07, 6.45) is 5.08. The summed E-state index contributed by atoms with van der Waals surface area (Å²) < 4.78 is 5.17. The minimum absolute atomic E-state index is 0.0543. The van der Waals surface area contributed by atoms with Crippen molar-refractivity contribution in [3.05, 3.63) is 0 Å². The van der Waals surface area contributed by atoms with Crippen LogP contribution in [0.5, 0.6) is 0 Å². The molecule has 5 nitrogen and oxygen atoms in total. The monoisotopic (exact) mass is 253 g/mol. The van der Waals surface area contributed by atoms with Crippen molar-refractivity contribution < 1.29 is 9.53 Å². The van der Waals surface area contributed by atoms with Gasteiger partial charge in [0.25, 0.3) is 0 Å². The van der Waals surface area contributed by atoms with Crippen molar-refractivity contribution in [2.45, 2.75) is 37.8 Å². The summed E-state index contributed by atoms with van der Waals surface area (Å²) in [5, 5.41) is 6.33. The van der Waals surface area contributed by atoms with Crippen LogP contribution in [0.15, 0.2) is 0 Å². The zero-order valence-corrected chi connectivity index (χ0v) is 10.9. The van der Waals surface area contributed by atoms with Crippen LogP contribution in [0.3, 0.4) is 0 Å². The van der Waals surface area contributed by atoms with Gasteiger partial charge in [-0.15, -0.1) is 0 Å². The maximum atomic E-state index is 10.9. The highest BCUT2D eigenvalue weighted by Gasteiger charge is 2.28. The first-order valence-corrected chi connectivity index (χ1v) is 7.20. The van der Waals surface area contributed by atoms with E-state index in [1.807, 2.05) is 0 Å². The zero-order chi connectivity index (χ0) is 12.4. The average molecular weight is 253 g/mol. The number of nitrogens with one attached hydrogen (secondary N) is 2. The Labute approximate surface area is 108 Å². The summed E-state index contributed by atoms with van der Waals surface area (Å²) in [7, 11) is 0. The molecule has 0 aromatic heterocycles. The van der Waals surface area contributed by atoms with Gasteiger partial charge >= 0.3 is 6.09 Å². The fourth-order valence-corrected chi connectivity index (χ4v) is 2.82. The predicted molar refractivity (Wildman–Crippen MR) is 68.5 cm³/mol. The lowest BCUT2D eigenvalue weighted by atomic mass is 9.96. The fraction of sp³-hybridized carbons (Fsp3) is 0.923. The Kier molecular flexibility index (Phi) is 3.70. The van der Waals surface area contributed by atoms with E-state index in [4.69, 9.17) is 4.74 Å². The quantitative estimate of drug-likeness (QED) is 0.751. The summed E-state index contributed by atoms with van der Waals surface area (Å²) >= 11 is 0. The molecule has 1 saturated carbocycles. The van der Waals surface area contributed by atoms with E-state index in [9.17, 15) is 4.79 Å². The van der Waals surface area contributed by atoms with Gasteiger partial charge in [0, 0.05) is 12.6 Å². The third kappa shape index (κ3) is 3.36. The maximum Gasteiger partial charge on any atom is 0.407 e. The lowest BCUT2D eigenvalue weighted by molar-refractivity contribution is 0.0912. The lowest BCUT2D eigenvalue weighted by Gasteiger charge is -2.33. The summed E-state index contributed by atoms with van der Waals surface area (Å²) in [6.45, 7) is 5.04. The Balaban J connectivity index is 1.33. The van der Waals surface area contributed by atoms with E-state index in [1.165, 1.54) is 32.2 Å². The maximum absolute atomic E-state index is 10.9. The molecule has 2 heterocycles. The Morgan fingerprint density at radius 3 is 2.67 bits per heavy atom.